The fraction of sp³-hybridized carbons (Fsp3) is 0.889. The summed E-state index contributed by atoms with van der Waals surface area (Å²) in [4.78, 5) is 22.4. The quantitative estimate of drug-likeness (QED) is 0.263. The zero-order valence-corrected chi connectivity index (χ0v) is 14.5. The van der Waals surface area contributed by atoms with Crippen molar-refractivity contribution in [3.05, 3.63) is 0 Å². The molecular formula is C18H34O4. The Labute approximate surface area is 135 Å². The summed E-state index contributed by atoms with van der Waals surface area (Å²) in [6, 6.07) is 0. The van der Waals surface area contributed by atoms with E-state index in [9.17, 15) is 9.59 Å². The van der Waals surface area contributed by atoms with Gasteiger partial charge in [-0.25, -0.2) is 9.59 Å². The first kappa shape index (κ1) is 20.9. The van der Waals surface area contributed by atoms with Gasteiger partial charge in [0.25, 0.3) is 0 Å². The minimum Gasteiger partial charge on any atom is -0.457 e. The smallest absolute Gasteiger partial charge is 0.417 e. The van der Waals surface area contributed by atoms with E-state index in [1.165, 1.54) is 57.8 Å². The van der Waals surface area contributed by atoms with Gasteiger partial charge in [-0.15, -0.1) is 0 Å². The molecule has 22 heavy (non-hydrogen) atoms. The van der Waals surface area contributed by atoms with Gasteiger partial charge in [0, 0.05) is 0 Å². The van der Waals surface area contributed by atoms with E-state index in [1.54, 1.807) is 0 Å². The lowest BCUT2D eigenvalue weighted by Crippen LogP contribution is -2.21. The van der Waals surface area contributed by atoms with Gasteiger partial charge >= 0.3 is 11.9 Å². The molecule has 0 bridgehead atoms. The van der Waals surface area contributed by atoms with Crippen molar-refractivity contribution in [1.82, 2.24) is 0 Å². The van der Waals surface area contributed by atoms with E-state index < -0.39 is 11.9 Å². The SMILES string of the molecule is CCCCCCCCCCCCCOC(=O)C(=O)OCCC. The van der Waals surface area contributed by atoms with Gasteiger partial charge < -0.3 is 9.47 Å². The Hall–Kier alpha value is -1.06. The molecule has 130 valence electrons. The molecule has 0 aliphatic heterocycles. The number of carbonyl (C=O) groups excluding carboxylic acids is 2. The summed E-state index contributed by atoms with van der Waals surface area (Å²) in [6.45, 7) is 4.71. The van der Waals surface area contributed by atoms with Crippen LogP contribution in [0.25, 0.3) is 0 Å². The van der Waals surface area contributed by atoms with Crippen LogP contribution in [0.2, 0.25) is 0 Å². The van der Waals surface area contributed by atoms with Gasteiger partial charge in [-0.2, -0.15) is 0 Å². The Kier molecular flexibility index (Phi) is 15.5. The van der Waals surface area contributed by atoms with Gasteiger partial charge in [-0.05, 0) is 12.8 Å². The molecule has 0 spiro atoms. The maximum atomic E-state index is 11.2. The summed E-state index contributed by atoms with van der Waals surface area (Å²) in [5.41, 5.74) is 0. The summed E-state index contributed by atoms with van der Waals surface area (Å²) in [7, 11) is 0. The van der Waals surface area contributed by atoms with E-state index >= 15 is 0 Å². The first-order valence-electron chi connectivity index (χ1n) is 9.06. The zero-order valence-electron chi connectivity index (χ0n) is 14.5. The van der Waals surface area contributed by atoms with Crippen molar-refractivity contribution in [2.75, 3.05) is 13.2 Å². The van der Waals surface area contributed by atoms with Crippen LogP contribution < -0.4 is 0 Å². The number of esters is 2. The highest BCUT2D eigenvalue weighted by Gasteiger charge is 2.16. The second-order valence-corrected chi connectivity index (χ2v) is 5.81. The lowest BCUT2D eigenvalue weighted by molar-refractivity contribution is -0.167. The van der Waals surface area contributed by atoms with Gasteiger partial charge in [0.2, 0.25) is 0 Å². The summed E-state index contributed by atoms with van der Waals surface area (Å²) in [5, 5.41) is 0. The Morgan fingerprint density at radius 1 is 0.545 bits per heavy atom. The van der Waals surface area contributed by atoms with Crippen molar-refractivity contribution in [1.29, 1.82) is 0 Å². The molecule has 0 amide bonds. The average molecular weight is 314 g/mol. The fourth-order valence-corrected chi connectivity index (χ4v) is 2.24. The predicted octanol–water partition coefficient (Wildman–Crippen LogP) is 4.79. The Morgan fingerprint density at radius 3 is 1.41 bits per heavy atom. The number of unbranched alkanes of at least 4 members (excludes halogenated alkanes) is 10. The van der Waals surface area contributed by atoms with Crippen molar-refractivity contribution < 1.29 is 19.1 Å². The molecule has 0 fully saturated rings. The number of carbonyl (C=O) groups is 2. The highest BCUT2D eigenvalue weighted by atomic mass is 16.6. The lowest BCUT2D eigenvalue weighted by Gasteiger charge is -2.05. The van der Waals surface area contributed by atoms with Crippen LogP contribution in [-0.2, 0) is 19.1 Å². The number of ether oxygens (including phenoxy) is 2. The summed E-state index contributed by atoms with van der Waals surface area (Å²) >= 11 is 0. The standard InChI is InChI=1S/C18H34O4/c1-3-5-6-7-8-9-10-11-12-13-14-16-22-18(20)17(19)21-15-4-2/h3-16H2,1-2H3. The Morgan fingerprint density at radius 2 is 0.955 bits per heavy atom. The lowest BCUT2D eigenvalue weighted by atomic mass is 10.1. The van der Waals surface area contributed by atoms with Crippen LogP contribution in [0.1, 0.15) is 90.9 Å². The molecule has 0 heterocycles. The summed E-state index contributed by atoms with van der Waals surface area (Å²) in [5.74, 6) is -1.73. The zero-order chi connectivity index (χ0) is 16.5. The first-order chi connectivity index (χ1) is 10.7. The third-order valence-corrected chi connectivity index (χ3v) is 3.58. The third kappa shape index (κ3) is 13.9. The molecule has 0 aliphatic rings. The maximum Gasteiger partial charge on any atom is 0.417 e. The molecule has 4 heteroatoms. The molecule has 0 radical (unpaired) electrons. The van der Waals surface area contributed by atoms with E-state index in [0.29, 0.717) is 13.0 Å². The first-order valence-corrected chi connectivity index (χ1v) is 9.06. The molecule has 0 aromatic heterocycles. The topological polar surface area (TPSA) is 52.6 Å². The van der Waals surface area contributed by atoms with Gasteiger partial charge in [-0.1, -0.05) is 78.1 Å². The minimum atomic E-state index is -0.870. The van der Waals surface area contributed by atoms with Crippen LogP contribution in [0.3, 0.4) is 0 Å². The van der Waals surface area contributed by atoms with E-state index in [2.05, 4.69) is 6.92 Å². The van der Waals surface area contributed by atoms with Gasteiger partial charge in [0.05, 0.1) is 13.2 Å². The number of hydrogen-bond acceptors (Lipinski definition) is 4. The largest absolute Gasteiger partial charge is 0.457 e. The van der Waals surface area contributed by atoms with E-state index in [4.69, 9.17) is 9.47 Å². The molecule has 0 N–H and O–H groups in total. The fourth-order valence-electron chi connectivity index (χ4n) is 2.24. The normalized spacial score (nSPS) is 10.5. The van der Waals surface area contributed by atoms with Crippen molar-refractivity contribution >= 4 is 11.9 Å². The maximum absolute atomic E-state index is 11.2. The monoisotopic (exact) mass is 314 g/mol. The molecular weight excluding hydrogens is 280 g/mol. The Balaban J connectivity index is 3.23. The number of rotatable bonds is 14. The van der Waals surface area contributed by atoms with Crippen LogP contribution in [0, 0.1) is 0 Å². The second-order valence-electron chi connectivity index (χ2n) is 5.81. The van der Waals surface area contributed by atoms with Crippen LogP contribution in [-0.4, -0.2) is 25.2 Å². The van der Waals surface area contributed by atoms with E-state index in [-0.39, 0.29) is 6.61 Å². The molecule has 0 saturated carbocycles. The molecule has 0 aromatic rings. The molecule has 0 rings (SSSR count). The van der Waals surface area contributed by atoms with Crippen LogP contribution in [0.5, 0.6) is 0 Å². The molecule has 0 aliphatic carbocycles. The average Bonchev–Trinajstić information content (AvgIpc) is 2.53. The summed E-state index contributed by atoms with van der Waals surface area (Å²) < 4.78 is 9.57. The van der Waals surface area contributed by atoms with Crippen molar-refractivity contribution in [3.8, 4) is 0 Å². The highest BCUT2D eigenvalue weighted by molar-refractivity contribution is 6.29. The van der Waals surface area contributed by atoms with Gasteiger partial charge in [0.1, 0.15) is 0 Å². The van der Waals surface area contributed by atoms with E-state index in [1.807, 2.05) is 6.92 Å². The molecule has 0 aromatic carbocycles. The predicted molar refractivity (Wildman–Crippen MR) is 88.7 cm³/mol. The number of hydrogen-bond donors (Lipinski definition) is 0. The Bertz CT molecular complexity index is 276. The van der Waals surface area contributed by atoms with Gasteiger partial charge in [0.15, 0.2) is 0 Å². The minimum absolute atomic E-state index is 0.270. The van der Waals surface area contributed by atoms with Crippen LogP contribution in [0.15, 0.2) is 0 Å². The molecule has 0 unspecified atom stereocenters. The van der Waals surface area contributed by atoms with Crippen molar-refractivity contribution in [2.45, 2.75) is 90.9 Å². The highest BCUT2D eigenvalue weighted by Crippen LogP contribution is 2.11. The van der Waals surface area contributed by atoms with Crippen LogP contribution >= 0.6 is 0 Å². The van der Waals surface area contributed by atoms with E-state index in [0.717, 1.165) is 12.8 Å². The second kappa shape index (κ2) is 16.3. The van der Waals surface area contributed by atoms with Crippen LogP contribution in [0.4, 0.5) is 0 Å². The van der Waals surface area contributed by atoms with Gasteiger partial charge in [-0.3, -0.25) is 0 Å². The molecule has 0 atom stereocenters. The van der Waals surface area contributed by atoms with Crippen molar-refractivity contribution in [3.63, 3.8) is 0 Å². The molecule has 0 saturated heterocycles. The third-order valence-electron chi connectivity index (χ3n) is 3.58. The molecule has 4 nitrogen and oxygen atoms in total. The summed E-state index contributed by atoms with van der Waals surface area (Å²) in [6.07, 6.45) is 14.4. The van der Waals surface area contributed by atoms with Crippen molar-refractivity contribution in [2.24, 2.45) is 0 Å².